The van der Waals surface area contributed by atoms with Gasteiger partial charge in [-0.2, -0.15) is 0 Å². The quantitative estimate of drug-likeness (QED) is 0.466. The number of amides is 1. The predicted molar refractivity (Wildman–Crippen MR) is 128 cm³/mol. The van der Waals surface area contributed by atoms with Crippen LogP contribution in [0, 0.1) is 0 Å². The van der Waals surface area contributed by atoms with Crippen LogP contribution in [-0.4, -0.2) is 34.7 Å². The molecule has 0 radical (unpaired) electrons. The number of carbonyl (C=O) groups is 1. The number of nitrogens with one attached hydrogen (secondary N) is 1. The van der Waals surface area contributed by atoms with Gasteiger partial charge in [-0.05, 0) is 53.8 Å². The van der Waals surface area contributed by atoms with Gasteiger partial charge in [-0.15, -0.1) is 0 Å². The zero-order valence-corrected chi connectivity index (χ0v) is 19.5. The summed E-state index contributed by atoms with van der Waals surface area (Å²) in [6.07, 6.45) is 1.96. The summed E-state index contributed by atoms with van der Waals surface area (Å²) in [5, 5.41) is 3.55. The fourth-order valence-corrected chi connectivity index (χ4v) is 5.28. The number of halogens is 1. The lowest BCUT2D eigenvalue weighted by Gasteiger charge is -2.28. The zero-order chi connectivity index (χ0) is 22.3. The molecular weight excluding hydrogens is 444 g/mol. The van der Waals surface area contributed by atoms with E-state index in [-0.39, 0.29) is 17.4 Å². The molecule has 1 aromatic heterocycles. The molecule has 0 fully saturated rings. The minimum Gasteiger partial charge on any atom is -0.455 e. The Morgan fingerprint density at radius 2 is 1.91 bits per heavy atom. The molecule has 2 aromatic carbocycles. The number of hydrogen-bond acceptors (Lipinski definition) is 4. The Labute approximate surface area is 196 Å². The maximum atomic E-state index is 12.4. The maximum absolute atomic E-state index is 12.4. The number of furan rings is 1. The third kappa shape index (κ3) is 6.31. The van der Waals surface area contributed by atoms with Gasteiger partial charge in [-0.1, -0.05) is 48.0 Å². The van der Waals surface area contributed by atoms with Crippen LogP contribution in [0.25, 0.3) is 0 Å². The Bertz CT molecular complexity index is 1100. The van der Waals surface area contributed by atoms with E-state index in [0.29, 0.717) is 23.1 Å². The molecule has 5 nitrogen and oxygen atoms in total. The van der Waals surface area contributed by atoms with Crippen LogP contribution in [0.3, 0.4) is 0 Å². The summed E-state index contributed by atoms with van der Waals surface area (Å²) in [7, 11) is -1.15. The van der Waals surface area contributed by atoms with Crippen molar-refractivity contribution >= 4 is 28.3 Å². The molecule has 1 N–H and O–H groups in total. The summed E-state index contributed by atoms with van der Waals surface area (Å²) < 4.78 is 18.0. The van der Waals surface area contributed by atoms with Gasteiger partial charge in [0.1, 0.15) is 5.76 Å². The highest BCUT2D eigenvalue weighted by Crippen LogP contribution is 2.18. The molecule has 1 amide bonds. The van der Waals surface area contributed by atoms with Gasteiger partial charge < -0.3 is 9.73 Å². The highest BCUT2D eigenvalue weighted by atomic mass is 35.5. The molecule has 4 rings (SSSR count). The van der Waals surface area contributed by atoms with Crippen molar-refractivity contribution in [2.24, 2.45) is 0 Å². The average molecular weight is 471 g/mol. The van der Waals surface area contributed by atoms with Crippen molar-refractivity contribution < 1.29 is 13.4 Å². The minimum atomic E-state index is -1.15. The number of fused-ring (bicyclic) bond motifs is 1. The molecule has 32 heavy (non-hydrogen) atoms. The van der Waals surface area contributed by atoms with Crippen molar-refractivity contribution in [3.63, 3.8) is 0 Å². The Hall–Kier alpha value is -2.41. The SMILES string of the molecule is O=C(NCCCN1CCc2ccccc2C1)c1ccc(C[S@@](=O)Cc2cccc(Cl)c2)o1. The van der Waals surface area contributed by atoms with Crippen molar-refractivity contribution in [1.29, 1.82) is 0 Å². The molecule has 168 valence electrons. The standard InChI is InChI=1S/C25H27ClN2O3S/c26-22-8-3-5-19(15-22)17-32(30)18-23-9-10-24(31-23)25(29)27-12-4-13-28-14-11-20-6-1-2-7-21(20)16-28/h1-3,5-10,15H,4,11-14,16-18H2,(H,27,29)/t32-/m0/s1. The van der Waals surface area contributed by atoms with E-state index in [1.54, 1.807) is 18.2 Å². The third-order valence-electron chi connectivity index (χ3n) is 5.55. The van der Waals surface area contributed by atoms with Crippen LogP contribution in [0.15, 0.2) is 65.1 Å². The summed E-state index contributed by atoms with van der Waals surface area (Å²) >= 11 is 5.98. The second-order valence-corrected chi connectivity index (χ2v) is 9.92. The molecule has 3 aromatic rings. The Morgan fingerprint density at radius 3 is 2.75 bits per heavy atom. The van der Waals surface area contributed by atoms with Gasteiger partial charge in [0.2, 0.25) is 0 Å². The Kier molecular flexibility index (Phi) is 7.79. The second kappa shape index (κ2) is 10.9. The highest BCUT2D eigenvalue weighted by Gasteiger charge is 2.16. The fourth-order valence-electron chi connectivity index (χ4n) is 3.94. The lowest BCUT2D eigenvalue weighted by molar-refractivity contribution is 0.0922. The van der Waals surface area contributed by atoms with E-state index in [4.69, 9.17) is 16.0 Å². The fraction of sp³-hybridized carbons (Fsp3) is 0.320. The minimum absolute atomic E-state index is 0.235. The van der Waals surface area contributed by atoms with Crippen molar-refractivity contribution in [1.82, 2.24) is 10.2 Å². The summed E-state index contributed by atoms with van der Waals surface area (Å²) in [6, 6.07) is 19.3. The normalized spacial score (nSPS) is 14.7. The molecule has 7 heteroatoms. The first-order valence-corrected chi connectivity index (χ1v) is 12.7. The first kappa shape index (κ1) is 22.8. The number of rotatable bonds is 9. The molecular formula is C25H27ClN2O3S. The topological polar surface area (TPSA) is 62.6 Å². The van der Waals surface area contributed by atoms with Crippen LogP contribution in [0.5, 0.6) is 0 Å². The van der Waals surface area contributed by atoms with E-state index in [0.717, 1.165) is 38.0 Å². The molecule has 0 spiro atoms. The van der Waals surface area contributed by atoms with E-state index >= 15 is 0 Å². The summed E-state index contributed by atoms with van der Waals surface area (Å²) in [5.74, 6) is 1.22. The van der Waals surface area contributed by atoms with Crippen LogP contribution >= 0.6 is 11.6 Å². The molecule has 1 atom stereocenters. The Balaban J connectivity index is 1.18. The average Bonchev–Trinajstić information content (AvgIpc) is 3.25. The van der Waals surface area contributed by atoms with Crippen molar-refractivity contribution in [3.8, 4) is 0 Å². The molecule has 1 aliphatic rings. The smallest absolute Gasteiger partial charge is 0.286 e. The van der Waals surface area contributed by atoms with E-state index in [9.17, 15) is 9.00 Å². The number of nitrogens with zero attached hydrogens (tertiary/aromatic N) is 1. The summed E-state index contributed by atoms with van der Waals surface area (Å²) in [6.45, 7) is 3.56. The van der Waals surface area contributed by atoms with E-state index in [1.165, 1.54) is 11.1 Å². The van der Waals surface area contributed by atoms with E-state index in [1.807, 2.05) is 18.2 Å². The number of carbonyl (C=O) groups excluding carboxylic acids is 1. The first-order chi connectivity index (χ1) is 15.6. The molecule has 0 saturated carbocycles. The first-order valence-electron chi connectivity index (χ1n) is 10.8. The highest BCUT2D eigenvalue weighted by molar-refractivity contribution is 7.83. The van der Waals surface area contributed by atoms with Gasteiger partial charge in [-0.25, -0.2) is 0 Å². The van der Waals surface area contributed by atoms with Crippen LogP contribution in [0.1, 0.15) is 39.4 Å². The largest absolute Gasteiger partial charge is 0.455 e. The monoisotopic (exact) mass is 470 g/mol. The van der Waals surface area contributed by atoms with Gasteiger partial charge in [0, 0.05) is 47.8 Å². The predicted octanol–water partition coefficient (Wildman–Crippen LogP) is 4.56. The number of benzene rings is 2. The number of hydrogen-bond donors (Lipinski definition) is 1. The zero-order valence-electron chi connectivity index (χ0n) is 17.9. The van der Waals surface area contributed by atoms with Crippen molar-refractivity contribution in [3.05, 3.63) is 93.9 Å². The molecule has 2 heterocycles. The van der Waals surface area contributed by atoms with Gasteiger partial charge in [0.05, 0.1) is 5.75 Å². The molecule has 0 aliphatic carbocycles. The molecule has 1 aliphatic heterocycles. The summed E-state index contributed by atoms with van der Waals surface area (Å²) in [5.41, 5.74) is 3.76. The maximum Gasteiger partial charge on any atom is 0.286 e. The molecule has 0 saturated heterocycles. The van der Waals surface area contributed by atoms with E-state index < -0.39 is 10.8 Å². The van der Waals surface area contributed by atoms with Crippen LogP contribution in [0.4, 0.5) is 0 Å². The van der Waals surface area contributed by atoms with Gasteiger partial charge >= 0.3 is 0 Å². The lowest BCUT2D eigenvalue weighted by Crippen LogP contribution is -2.33. The van der Waals surface area contributed by atoms with Crippen LogP contribution in [-0.2, 0) is 35.3 Å². The van der Waals surface area contributed by atoms with E-state index in [2.05, 4.69) is 34.5 Å². The van der Waals surface area contributed by atoms with Gasteiger partial charge in [0.15, 0.2) is 5.76 Å². The van der Waals surface area contributed by atoms with Gasteiger partial charge in [0.25, 0.3) is 5.91 Å². The second-order valence-electron chi connectivity index (χ2n) is 8.03. The third-order valence-corrected chi connectivity index (χ3v) is 7.05. The van der Waals surface area contributed by atoms with Crippen molar-refractivity contribution in [2.45, 2.75) is 30.9 Å². The molecule has 0 unspecified atom stereocenters. The molecule has 0 bridgehead atoms. The summed E-state index contributed by atoms with van der Waals surface area (Å²) in [4.78, 5) is 14.8. The Morgan fingerprint density at radius 1 is 1.06 bits per heavy atom. The lowest BCUT2D eigenvalue weighted by atomic mass is 10.00. The van der Waals surface area contributed by atoms with Crippen LogP contribution in [0.2, 0.25) is 5.02 Å². The van der Waals surface area contributed by atoms with Gasteiger partial charge in [-0.3, -0.25) is 13.9 Å². The van der Waals surface area contributed by atoms with Crippen LogP contribution < -0.4 is 5.32 Å². The van der Waals surface area contributed by atoms with Crippen molar-refractivity contribution in [2.75, 3.05) is 19.6 Å².